The molecule has 0 aliphatic heterocycles. The summed E-state index contributed by atoms with van der Waals surface area (Å²) in [6, 6.07) is 0. The smallest absolute Gasteiger partial charge is 0.209 e. The standard InChI is InChI=1S/C11H7O2/c12-7-8-1-2-10-6-11(13)4-3-9(10)5-8/h1-6,8H. The van der Waals surface area contributed by atoms with Crippen molar-refractivity contribution in [2.24, 2.45) is 5.92 Å². The summed E-state index contributed by atoms with van der Waals surface area (Å²) in [5.74, 6) is -0.282. The summed E-state index contributed by atoms with van der Waals surface area (Å²) in [4.78, 5) is 21.3. The summed E-state index contributed by atoms with van der Waals surface area (Å²) in [7, 11) is 0. The molecule has 0 amide bonds. The Balaban J connectivity index is 2.38. The van der Waals surface area contributed by atoms with E-state index in [1.54, 1.807) is 30.4 Å². The predicted octanol–water partition coefficient (Wildman–Crippen LogP) is 1.27. The molecule has 0 saturated heterocycles. The van der Waals surface area contributed by atoms with E-state index in [2.05, 4.69) is 0 Å². The van der Waals surface area contributed by atoms with E-state index in [0.29, 0.717) is 0 Å². The lowest BCUT2D eigenvalue weighted by molar-refractivity contribution is -0.110. The second kappa shape index (κ2) is 2.98. The van der Waals surface area contributed by atoms with Crippen LogP contribution >= 0.6 is 0 Å². The van der Waals surface area contributed by atoms with Crippen LogP contribution < -0.4 is 0 Å². The fourth-order valence-corrected chi connectivity index (χ4v) is 1.38. The van der Waals surface area contributed by atoms with Crippen molar-refractivity contribution in [1.29, 1.82) is 0 Å². The Hall–Kier alpha value is -1.70. The maximum absolute atomic E-state index is 11.0. The van der Waals surface area contributed by atoms with Crippen molar-refractivity contribution in [1.82, 2.24) is 0 Å². The third-order valence-electron chi connectivity index (χ3n) is 2.04. The Labute approximate surface area is 75.9 Å². The highest BCUT2D eigenvalue weighted by molar-refractivity contribution is 6.03. The van der Waals surface area contributed by atoms with E-state index in [4.69, 9.17) is 0 Å². The minimum Gasteiger partial charge on any atom is -0.290 e. The lowest BCUT2D eigenvalue weighted by atomic mass is 9.90. The number of allylic oxidation sites excluding steroid dienone is 8. The average molecular weight is 171 g/mol. The Bertz CT molecular complexity index is 381. The second-order valence-corrected chi connectivity index (χ2v) is 2.96. The Kier molecular flexibility index (Phi) is 1.81. The molecule has 0 aromatic rings. The van der Waals surface area contributed by atoms with Crippen molar-refractivity contribution in [2.75, 3.05) is 0 Å². The van der Waals surface area contributed by atoms with Crippen LogP contribution in [0.5, 0.6) is 0 Å². The molecule has 0 bridgehead atoms. The van der Waals surface area contributed by atoms with Gasteiger partial charge in [0.1, 0.15) is 0 Å². The van der Waals surface area contributed by atoms with Gasteiger partial charge in [-0.15, -0.1) is 0 Å². The van der Waals surface area contributed by atoms with Crippen LogP contribution in [-0.2, 0) is 9.59 Å². The van der Waals surface area contributed by atoms with E-state index in [1.807, 2.05) is 6.29 Å². The first-order chi connectivity index (χ1) is 6.29. The summed E-state index contributed by atoms with van der Waals surface area (Å²) >= 11 is 0. The minimum atomic E-state index is -0.273. The van der Waals surface area contributed by atoms with Gasteiger partial charge in [-0.05, 0) is 23.3 Å². The van der Waals surface area contributed by atoms with Crippen molar-refractivity contribution in [3.8, 4) is 0 Å². The van der Waals surface area contributed by atoms with Gasteiger partial charge in [-0.1, -0.05) is 24.3 Å². The third kappa shape index (κ3) is 1.43. The third-order valence-corrected chi connectivity index (χ3v) is 2.04. The summed E-state index contributed by atoms with van der Waals surface area (Å²) < 4.78 is 0. The van der Waals surface area contributed by atoms with Crippen LogP contribution in [0.2, 0.25) is 0 Å². The van der Waals surface area contributed by atoms with Crippen LogP contribution in [0.4, 0.5) is 0 Å². The first-order valence-corrected chi connectivity index (χ1v) is 4.01. The van der Waals surface area contributed by atoms with Crippen LogP contribution in [0.3, 0.4) is 0 Å². The van der Waals surface area contributed by atoms with Gasteiger partial charge < -0.3 is 0 Å². The molecule has 2 aliphatic carbocycles. The molecule has 0 saturated carbocycles. The predicted molar refractivity (Wildman–Crippen MR) is 48.6 cm³/mol. The van der Waals surface area contributed by atoms with Crippen LogP contribution in [0, 0.1) is 5.92 Å². The van der Waals surface area contributed by atoms with Crippen molar-refractivity contribution in [3.63, 3.8) is 0 Å². The SMILES string of the molecule is O=[C]C1C=CC2=CC(=O)C=CC2=C1. The van der Waals surface area contributed by atoms with Gasteiger partial charge in [-0.3, -0.25) is 9.59 Å². The number of fused-ring (bicyclic) bond motifs is 1. The summed E-state index contributed by atoms with van der Waals surface area (Å²) in [5.41, 5.74) is 1.80. The molecule has 2 heteroatoms. The first kappa shape index (κ1) is 7.92. The van der Waals surface area contributed by atoms with E-state index in [1.165, 1.54) is 6.08 Å². The fraction of sp³-hybridized carbons (Fsp3) is 0.0909. The number of hydrogen-bond acceptors (Lipinski definition) is 2. The maximum Gasteiger partial charge on any atom is 0.209 e. The van der Waals surface area contributed by atoms with Gasteiger partial charge >= 0.3 is 0 Å². The van der Waals surface area contributed by atoms with Crippen LogP contribution in [-0.4, -0.2) is 12.1 Å². The lowest BCUT2D eigenvalue weighted by Gasteiger charge is -2.13. The average Bonchev–Trinajstić information content (AvgIpc) is 2.17. The number of ketones is 1. The van der Waals surface area contributed by atoms with Crippen molar-refractivity contribution in [3.05, 3.63) is 47.6 Å². The van der Waals surface area contributed by atoms with E-state index in [0.717, 1.165) is 11.1 Å². The van der Waals surface area contributed by atoms with Gasteiger partial charge in [0.15, 0.2) is 5.78 Å². The van der Waals surface area contributed by atoms with Gasteiger partial charge in [0.2, 0.25) is 6.29 Å². The topological polar surface area (TPSA) is 34.1 Å². The monoisotopic (exact) mass is 171 g/mol. The quantitative estimate of drug-likeness (QED) is 0.595. The van der Waals surface area contributed by atoms with Crippen molar-refractivity contribution >= 4 is 12.1 Å². The highest BCUT2D eigenvalue weighted by atomic mass is 16.1. The summed E-state index contributed by atoms with van der Waals surface area (Å²) in [6.45, 7) is 0. The number of carbonyl (C=O) groups is 1. The zero-order chi connectivity index (χ0) is 9.26. The molecule has 0 fully saturated rings. The molecular formula is C11H7O2. The first-order valence-electron chi connectivity index (χ1n) is 4.01. The zero-order valence-corrected chi connectivity index (χ0v) is 6.86. The molecule has 13 heavy (non-hydrogen) atoms. The molecule has 2 nitrogen and oxygen atoms in total. The molecule has 0 aromatic heterocycles. The van der Waals surface area contributed by atoms with Crippen molar-refractivity contribution in [2.45, 2.75) is 0 Å². The summed E-state index contributed by atoms with van der Waals surface area (Å²) in [5, 5.41) is 0. The fourth-order valence-electron chi connectivity index (χ4n) is 1.38. The van der Waals surface area contributed by atoms with Crippen LogP contribution in [0.15, 0.2) is 47.6 Å². The highest BCUT2D eigenvalue weighted by Gasteiger charge is 2.13. The number of hydrogen-bond donors (Lipinski definition) is 0. The molecule has 1 radical (unpaired) electrons. The number of rotatable bonds is 1. The Morgan fingerprint density at radius 2 is 2.00 bits per heavy atom. The molecule has 1 unspecified atom stereocenters. The normalized spacial score (nSPS) is 24.9. The molecule has 0 N–H and O–H groups in total. The second-order valence-electron chi connectivity index (χ2n) is 2.96. The number of carbonyl (C=O) groups excluding carboxylic acids is 2. The molecule has 0 heterocycles. The van der Waals surface area contributed by atoms with E-state index in [-0.39, 0.29) is 11.7 Å². The molecule has 0 aromatic carbocycles. The van der Waals surface area contributed by atoms with Gasteiger partial charge in [0.05, 0.1) is 5.92 Å². The molecular weight excluding hydrogens is 164 g/mol. The largest absolute Gasteiger partial charge is 0.290 e. The Morgan fingerprint density at radius 3 is 2.77 bits per heavy atom. The van der Waals surface area contributed by atoms with E-state index in [9.17, 15) is 9.59 Å². The molecule has 63 valence electrons. The van der Waals surface area contributed by atoms with E-state index < -0.39 is 0 Å². The van der Waals surface area contributed by atoms with Gasteiger partial charge in [0.25, 0.3) is 0 Å². The van der Waals surface area contributed by atoms with E-state index >= 15 is 0 Å². The zero-order valence-electron chi connectivity index (χ0n) is 6.86. The molecule has 2 rings (SSSR count). The van der Waals surface area contributed by atoms with Crippen LogP contribution in [0.25, 0.3) is 0 Å². The van der Waals surface area contributed by atoms with Gasteiger partial charge in [-0.25, -0.2) is 0 Å². The highest BCUT2D eigenvalue weighted by Crippen LogP contribution is 2.24. The van der Waals surface area contributed by atoms with Crippen LogP contribution in [0.1, 0.15) is 0 Å². The lowest BCUT2D eigenvalue weighted by Crippen LogP contribution is -2.05. The minimum absolute atomic E-state index is 0.00895. The Morgan fingerprint density at radius 1 is 1.15 bits per heavy atom. The molecule has 2 aliphatic rings. The van der Waals surface area contributed by atoms with Crippen molar-refractivity contribution < 1.29 is 9.59 Å². The maximum atomic E-state index is 11.0. The molecule has 1 atom stereocenters. The summed E-state index contributed by atoms with van der Waals surface area (Å²) in [6.07, 6.45) is 12.0. The van der Waals surface area contributed by atoms with Gasteiger partial charge in [-0.2, -0.15) is 0 Å². The van der Waals surface area contributed by atoms with Gasteiger partial charge in [0, 0.05) is 0 Å². The molecule has 0 spiro atoms.